The van der Waals surface area contributed by atoms with Crippen LogP contribution in [-0.4, -0.2) is 50.5 Å². The smallest absolute Gasteiger partial charge is 0.250 e. The standard InChI is InChI=1S/C27H30F2N6O3/c1-5-17(20-12-18(28)6-7-22(20)29)11-24(36)35-25(27(38)34(4)19-13-31-33(3)14-19)21(26(35)37)9-16-8-15(2)32-23(30)10-16/h6-8,10,12-14,17,21,25H,5,9,11H2,1-4H3,(H2,30,32)/t17-,21+,25-/m0/s1. The lowest BCUT2D eigenvalue weighted by atomic mass is 9.80. The number of nitrogens with two attached hydrogens (primary N) is 1. The predicted molar refractivity (Wildman–Crippen MR) is 137 cm³/mol. The molecule has 3 heterocycles. The van der Waals surface area contributed by atoms with Crippen LogP contribution in [0.25, 0.3) is 0 Å². The van der Waals surface area contributed by atoms with Crippen LogP contribution in [0.5, 0.6) is 0 Å². The zero-order chi connectivity index (χ0) is 27.7. The number of nitrogens with zero attached hydrogens (tertiary/aromatic N) is 5. The molecule has 38 heavy (non-hydrogen) atoms. The van der Waals surface area contributed by atoms with E-state index in [0.717, 1.165) is 28.7 Å². The summed E-state index contributed by atoms with van der Waals surface area (Å²) in [6, 6.07) is 5.42. The number of anilines is 2. The van der Waals surface area contributed by atoms with Crippen molar-refractivity contribution in [3.05, 3.63) is 71.2 Å². The number of β-lactam (4-membered cyclic amide) rings is 1. The molecule has 0 aliphatic carbocycles. The average molecular weight is 525 g/mol. The zero-order valence-corrected chi connectivity index (χ0v) is 21.7. The molecule has 200 valence electrons. The Morgan fingerprint density at radius 3 is 2.58 bits per heavy atom. The topological polar surface area (TPSA) is 114 Å². The van der Waals surface area contributed by atoms with Crippen molar-refractivity contribution < 1.29 is 23.2 Å². The summed E-state index contributed by atoms with van der Waals surface area (Å²) in [5.41, 5.74) is 7.81. The molecule has 0 unspecified atom stereocenters. The maximum atomic E-state index is 14.5. The van der Waals surface area contributed by atoms with Crippen molar-refractivity contribution >= 4 is 29.2 Å². The minimum absolute atomic E-state index is 0.0588. The summed E-state index contributed by atoms with van der Waals surface area (Å²) in [6.45, 7) is 3.52. The minimum atomic E-state index is -1.08. The van der Waals surface area contributed by atoms with E-state index in [1.807, 2.05) is 0 Å². The molecule has 11 heteroatoms. The first kappa shape index (κ1) is 26.9. The van der Waals surface area contributed by atoms with E-state index < -0.39 is 47.2 Å². The molecule has 3 amide bonds. The van der Waals surface area contributed by atoms with E-state index in [2.05, 4.69) is 10.1 Å². The van der Waals surface area contributed by atoms with Crippen LogP contribution in [0, 0.1) is 24.5 Å². The predicted octanol–water partition coefficient (Wildman–Crippen LogP) is 3.13. The molecule has 4 rings (SSSR count). The number of halogens is 2. The number of imide groups is 1. The number of hydrogen-bond acceptors (Lipinski definition) is 6. The van der Waals surface area contributed by atoms with Crippen LogP contribution in [0.4, 0.5) is 20.3 Å². The number of nitrogen functional groups attached to an aromatic ring is 1. The maximum Gasteiger partial charge on any atom is 0.250 e. The number of carbonyl (C=O) groups excluding carboxylic acids is 3. The fourth-order valence-electron chi connectivity index (χ4n) is 4.97. The largest absolute Gasteiger partial charge is 0.384 e. The van der Waals surface area contributed by atoms with Gasteiger partial charge in [0.05, 0.1) is 17.8 Å². The molecule has 0 spiro atoms. The summed E-state index contributed by atoms with van der Waals surface area (Å²) in [5, 5.41) is 4.09. The molecule has 2 aromatic heterocycles. The molecule has 1 aliphatic rings. The Balaban J connectivity index is 1.63. The number of carbonyl (C=O) groups is 3. The van der Waals surface area contributed by atoms with Gasteiger partial charge in [0.2, 0.25) is 11.8 Å². The van der Waals surface area contributed by atoms with E-state index in [0.29, 0.717) is 17.8 Å². The van der Waals surface area contributed by atoms with Crippen LogP contribution in [0.3, 0.4) is 0 Å². The van der Waals surface area contributed by atoms with Crippen molar-refractivity contribution in [3.63, 3.8) is 0 Å². The average Bonchev–Trinajstić information content (AvgIpc) is 3.30. The van der Waals surface area contributed by atoms with Crippen molar-refractivity contribution in [2.75, 3.05) is 17.7 Å². The van der Waals surface area contributed by atoms with Crippen LogP contribution < -0.4 is 10.6 Å². The summed E-state index contributed by atoms with van der Waals surface area (Å²) in [7, 11) is 3.26. The monoisotopic (exact) mass is 524 g/mol. The molecule has 9 nitrogen and oxygen atoms in total. The summed E-state index contributed by atoms with van der Waals surface area (Å²) >= 11 is 0. The van der Waals surface area contributed by atoms with E-state index in [9.17, 15) is 23.2 Å². The molecule has 3 atom stereocenters. The second-order valence-electron chi connectivity index (χ2n) is 9.64. The second-order valence-corrected chi connectivity index (χ2v) is 9.64. The number of likely N-dealkylation sites (N-methyl/N-ethyl adjacent to an activating group) is 1. The van der Waals surface area contributed by atoms with Crippen LogP contribution in [0.1, 0.15) is 42.5 Å². The number of hydrogen-bond donors (Lipinski definition) is 1. The highest BCUT2D eigenvalue weighted by Gasteiger charge is 2.55. The van der Waals surface area contributed by atoms with E-state index >= 15 is 0 Å². The number of aromatic nitrogens is 3. The Morgan fingerprint density at radius 2 is 1.95 bits per heavy atom. The molecule has 1 aliphatic heterocycles. The zero-order valence-electron chi connectivity index (χ0n) is 21.7. The number of benzene rings is 1. The normalized spacial score (nSPS) is 17.7. The lowest BCUT2D eigenvalue weighted by Gasteiger charge is -2.46. The van der Waals surface area contributed by atoms with Gasteiger partial charge in [-0.2, -0.15) is 5.10 Å². The van der Waals surface area contributed by atoms with Gasteiger partial charge in [0.25, 0.3) is 5.91 Å². The van der Waals surface area contributed by atoms with E-state index in [4.69, 9.17) is 5.73 Å². The quantitative estimate of drug-likeness (QED) is 0.453. The molecule has 3 aromatic rings. The number of amides is 3. The Labute approximate surface area is 219 Å². The lowest BCUT2D eigenvalue weighted by Crippen LogP contribution is -2.69. The van der Waals surface area contributed by atoms with Crippen molar-refractivity contribution in [3.8, 4) is 0 Å². The lowest BCUT2D eigenvalue weighted by molar-refractivity contribution is -0.170. The van der Waals surface area contributed by atoms with Gasteiger partial charge < -0.3 is 10.6 Å². The molecule has 0 bridgehead atoms. The Morgan fingerprint density at radius 1 is 1.21 bits per heavy atom. The van der Waals surface area contributed by atoms with Gasteiger partial charge >= 0.3 is 0 Å². The van der Waals surface area contributed by atoms with Crippen LogP contribution in [-0.2, 0) is 27.9 Å². The van der Waals surface area contributed by atoms with E-state index in [-0.39, 0.29) is 24.2 Å². The van der Waals surface area contributed by atoms with Crippen molar-refractivity contribution in [2.24, 2.45) is 13.0 Å². The third-order valence-corrected chi connectivity index (χ3v) is 6.95. The van der Waals surface area contributed by atoms with Crippen LogP contribution >= 0.6 is 0 Å². The van der Waals surface area contributed by atoms with Gasteiger partial charge in [-0.1, -0.05) is 6.92 Å². The molecule has 0 radical (unpaired) electrons. The van der Waals surface area contributed by atoms with Gasteiger partial charge in [-0.25, -0.2) is 13.8 Å². The van der Waals surface area contributed by atoms with E-state index in [1.54, 1.807) is 46.3 Å². The van der Waals surface area contributed by atoms with Crippen molar-refractivity contribution in [1.29, 1.82) is 0 Å². The van der Waals surface area contributed by atoms with Gasteiger partial charge in [0, 0.05) is 32.4 Å². The number of rotatable bonds is 8. The summed E-state index contributed by atoms with van der Waals surface area (Å²) in [6.07, 6.45) is 3.42. The summed E-state index contributed by atoms with van der Waals surface area (Å²) in [4.78, 5) is 46.9. The molecule has 1 aromatic carbocycles. The third-order valence-electron chi connectivity index (χ3n) is 6.95. The van der Waals surface area contributed by atoms with Gasteiger partial charge in [0.1, 0.15) is 23.5 Å². The van der Waals surface area contributed by atoms with Crippen LogP contribution in [0.2, 0.25) is 0 Å². The minimum Gasteiger partial charge on any atom is -0.384 e. The third kappa shape index (κ3) is 5.27. The van der Waals surface area contributed by atoms with Crippen molar-refractivity contribution in [2.45, 2.75) is 45.1 Å². The van der Waals surface area contributed by atoms with Crippen molar-refractivity contribution in [1.82, 2.24) is 19.7 Å². The Hall–Kier alpha value is -4.15. The number of aryl methyl sites for hydroxylation is 2. The maximum absolute atomic E-state index is 14.5. The highest BCUT2D eigenvalue weighted by Crippen LogP contribution is 2.36. The summed E-state index contributed by atoms with van der Waals surface area (Å²) < 4.78 is 29.8. The number of pyridine rings is 1. The summed E-state index contributed by atoms with van der Waals surface area (Å²) in [5.74, 6) is -4.02. The molecule has 1 saturated heterocycles. The Kier molecular flexibility index (Phi) is 7.56. The van der Waals surface area contributed by atoms with Gasteiger partial charge in [-0.15, -0.1) is 0 Å². The molecule has 1 fully saturated rings. The van der Waals surface area contributed by atoms with Gasteiger partial charge in [-0.3, -0.25) is 24.0 Å². The first-order valence-corrected chi connectivity index (χ1v) is 12.3. The highest BCUT2D eigenvalue weighted by atomic mass is 19.1. The first-order valence-electron chi connectivity index (χ1n) is 12.3. The fourth-order valence-corrected chi connectivity index (χ4v) is 4.97. The van der Waals surface area contributed by atoms with Crippen LogP contribution in [0.15, 0.2) is 42.7 Å². The van der Waals surface area contributed by atoms with Gasteiger partial charge in [-0.05, 0) is 67.1 Å². The Bertz CT molecular complexity index is 1370. The highest BCUT2D eigenvalue weighted by molar-refractivity contribution is 6.12. The molecular formula is C27H30F2N6O3. The molecule has 0 saturated carbocycles. The SMILES string of the molecule is CC[C@@H](CC(=O)N1C(=O)[C@H](Cc2cc(C)nc(N)c2)[C@H]1C(=O)N(C)c1cnn(C)c1)c1cc(F)ccc1F. The van der Waals surface area contributed by atoms with E-state index in [1.165, 1.54) is 15.8 Å². The van der Waals surface area contributed by atoms with Gasteiger partial charge in [0.15, 0.2) is 0 Å². The number of likely N-dealkylation sites (tertiary alicyclic amines) is 1. The second kappa shape index (κ2) is 10.7. The first-order chi connectivity index (χ1) is 18.0. The molecular weight excluding hydrogens is 494 g/mol. The fraction of sp³-hybridized carbons (Fsp3) is 0.370. The molecule has 2 N–H and O–H groups in total.